The highest BCUT2D eigenvalue weighted by atomic mass is 35.5. The molecule has 33 heavy (non-hydrogen) atoms. The summed E-state index contributed by atoms with van der Waals surface area (Å²) in [6, 6.07) is 22.5. The Hall–Kier alpha value is -3.13. The lowest BCUT2D eigenvalue weighted by Gasteiger charge is -2.10. The minimum atomic E-state index is -0.247. The standard InChI is InChI=1S/C24H19Cl2N5OS/c1-16-4-2-3-5-18(16)14-27-28-22(32)15-33-24-30-29-23(17-6-8-19(25)9-7-17)31(24)21-12-10-20(26)11-13-21/h2-14H,15H2,1H3,(H,28,32)/b27-14+. The van der Waals surface area contributed by atoms with Crippen molar-refractivity contribution in [3.63, 3.8) is 0 Å². The number of nitrogens with zero attached hydrogens (tertiary/aromatic N) is 4. The molecule has 0 aliphatic carbocycles. The molecule has 6 nitrogen and oxygen atoms in total. The largest absolute Gasteiger partial charge is 0.272 e. The Morgan fingerprint density at radius 1 is 1.00 bits per heavy atom. The average molecular weight is 496 g/mol. The average Bonchev–Trinajstić information content (AvgIpc) is 3.24. The second kappa shape index (κ2) is 10.7. The van der Waals surface area contributed by atoms with Crippen LogP contribution in [0, 0.1) is 6.92 Å². The first-order valence-electron chi connectivity index (χ1n) is 9.99. The van der Waals surface area contributed by atoms with Gasteiger partial charge in [-0.05, 0) is 66.6 Å². The number of aromatic nitrogens is 3. The van der Waals surface area contributed by atoms with Gasteiger partial charge in [0, 0.05) is 21.3 Å². The van der Waals surface area contributed by atoms with Gasteiger partial charge in [-0.3, -0.25) is 9.36 Å². The summed E-state index contributed by atoms with van der Waals surface area (Å²) in [5, 5.41) is 14.6. The molecule has 1 amide bonds. The van der Waals surface area contributed by atoms with Crippen molar-refractivity contribution < 1.29 is 4.79 Å². The number of benzene rings is 3. The highest BCUT2D eigenvalue weighted by Gasteiger charge is 2.17. The maximum Gasteiger partial charge on any atom is 0.250 e. The molecule has 0 fully saturated rings. The summed E-state index contributed by atoms with van der Waals surface area (Å²) in [5.74, 6) is 0.510. The lowest BCUT2D eigenvalue weighted by molar-refractivity contribution is -0.118. The van der Waals surface area contributed by atoms with E-state index in [1.54, 1.807) is 30.5 Å². The zero-order valence-electron chi connectivity index (χ0n) is 17.6. The van der Waals surface area contributed by atoms with Crippen molar-refractivity contribution in [2.45, 2.75) is 12.1 Å². The van der Waals surface area contributed by atoms with Gasteiger partial charge in [-0.25, -0.2) is 5.43 Å². The summed E-state index contributed by atoms with van der Waals surface area (Å²) in [6.07, 6.45) is 1.63. The third kappa shape index (κ3) is 5.82. The van der Waals surface area contributed by atoms with Gasteiger partial charge in [0.25, 0.3) is 5.91 Å². The van der Waals surface area contributed by atoms with Crippen LogP contribution >= 0.6 is 35.0 Å². The molecule has 9 heteroatoms. The Kier molecular flexibility index (Phi) is 7.44. The molecule has 0 spiro atoms. The molecule has 0 aliphatic heterocycles. The molecule has 0 unspecified atom stereocenters. The van der Waals surface area contributed by atoms with Crippen molar-refractivity contribution in [3.8, 4) is 17.1 Å². The van der Waals surface area contributed by atoms with E-state index in [2.05, 4.69) is 20.7 Å². The third-order valence-corrected chi connectivity index (χ3v) is 6.17. The molecular weight excluding hydrogens is 477 g/mol. The lowest BCUT2D eigenvalue weighted by atomic mass is 10.1. The Labute approximate surface area is 205 Å². The Morgan fingerprint density at radius 2 is 1.67 bits per heavy atom. The van der Waals surface area contributed by atoms with E-state index in [9.17, 15) is 4.79 Å². The topological polar surface area (TPSA) is 72.2 Å². The zero-order valence-corrected chi connectivity index (χ0v) is 19.9. The number of carbonyl (C=O) groups is 1. The maximum absolute atomic E-state index is 12.4. The van der Waals surface area contributed by atoms with E-state index in [0.717, 1.165) is 22.4 Å². The van der Waals surface area contributed by atoms with Crippen LogP contribution in [0.15, 0.2) is 83.1 Å². The summed E-state index contributed by atoms with van der Waals surface area (Å²) in [5.41, 5.74) is 6.26. The van der Waals surface area contributed by atoms with Crippen molar-refractivity contribution in [1.29, 1.82) is 0 Å². The summed E-state index contributed by atoms with van der Waals surface area (Å²) < 4.78 is 1.88. The summed E-state index contributed by atoms with van der Waals surface area (Å²) >= 11 is 13.4. The van der Waals surface area contributed by atoms with Crippen LogP contribution in [0.1, 0.15) is 11.1 Å². The smallest absolute Gasteiger partial charge is 0.250 e. The van der Waals surface area contributed by atoms with Crippen LogP contribution < -0.4 is 5.43 Å². The van der Waals surface area contributed by atoms with Gasteiger partial charge in [-0.15, -0.1) is 10.2 Å². The van der Waals surface area contributed by atoms with Gasteiger partial charge in [0.2, 0.25) is 0 Å². The van der Waals surface area contributed by atoms with Gasteiger partial charge in [-0.2, -0.15) is 5.10 Å². The molecule has 0 aliphatic rings. The second-order valence-electron chi connectivity index (χ2n) is 7.06. The fraction of sp³-hybridized carbons (Fsp3) is 0.0833. The van der Waals surface area contributed by atoms with E-state index < -0.39 is 0 Å². The van der Waals surface area contributed by atoms with E-state index >= 15 is 0 Å². The number of hydrogen-bond donors (Lipinski definition) is 1. The molecule has 1 heterocycles. The molecule has 1 aromatic heterocycles. The van der Waals surface area contributed by atoms with E-state index in [0.29, 0.717) is 21.0 Å². The first-order chi connectivity index (χ1) is 16.0. The van der Waals surface area contributed by atoms with Crippen LogP contribution in [-0.2, 0) is 4.79 Å². The SMILES string of the molecule is Cc1ccccc1/C=N/NC(=O)CSc1nnc(-c2ccc(Cl)cc2)n1-c1ccc(Cl)cc1. The molecule has 1 N–H and O–H groups in total. The Morgan fingerprint density at radius 3 is 2.36 bits per heavy atom. The van der Waals surface area contributed by atoms with Gasteiger partial charge in [-0.1, -0.05) is 59.2 Å². The number of thioether (sulfide) groups is 1. The van der Waals surface area contributed by atoms with Crippen molar-refractivity contribution in [1.82, 2.24) is 20.2 Å². The van der Waals surface area contributed by atoms with E-state index in [1.165, 1.54) is 11.8 Å². The molecule has 0 bridgehead atoms. The van der Waals surface area contributed by atoms with Crippen molar-refractivity contribution >= 4 is 47.1 Å². The minimum Gasteiger partial charge on any atom is -0.272 e. The third-order valence-electron chi connectivity index (χ3n) is 4.73. The molecule has 4 rings (SSSR count). The summed E-state index contributed by atoms with van der Waals surface area (Å²) in [4.78, 5) is 12.4. The van der Waals surface area contributed by atoms with E-state index in [1.807, 2.05) is 60.0 Å². The van der Waals surface area contributed by atoms with Crippen LogP contribution in [0.3, 0.4) is 0 Å². The first-order valence-corrected chi connectivity index (χ1v) is 11.7. The van der Waals surface area contributed by atoms with Crippen LogP contribution in [0.5, 0.6) is 0 Å². The number of halogens is 2. The quantitative estimate of drug-likeness (QED) is 0.200. The molecule has 166 valence electrons. The second-order valence-corrected chi connectivity index (χ2v) is 8.88. The molecule has 4 aromatic rings. The Balaban J connectivity index is 1.52. The van der Waals surface area contributed by atoms with Crippen molar-refractivity contribution in [2.24, 2.45) is 5.10 Å². The molecule has 0 radical (unpaired) electrons. The van der Waals surface area contributed by atoms with E-state index in [4.69, 9.17) is 23.2 Å². The number of rotatable bonds is 7. The van der Waals surface area contributed by atoms with Crippen molar-refractivity contribution in [2.75, 3.05) is 5.75 Å². The number of nitrogens with one attached hydrogen (secondary N) is 1. The molecular formula is C24H19Cl2N5OS. The molecule has 3 aromatic carbocycles. The highest BCUT2D eigenvalue weighted by Crippen LogP contribution is 2.29. The number of amides is 1. The van der Waals surface area contributed by atoms with Crippen LogP contribution in [0.25, 0.3) is 17.1 Å². The van der Waals surface area contributed by atoms with Crippen LogP contribution in [0.2, 0.25) is 10.0 Å². The zero-order chi connectivity index (χ0) is 23.2. The molecule has 0 saturated carbocycles. The predicted molar refractivity (Wildman–Crippen MR) is 134 cm³/mol. The van der Waals surface area contributed by atoms with Gasteiger partial charge < -0.3 is 0 Å². The van der Waals surface area contributed by atoms with E-state index in [-0.39, 0.29) is 11.7 Å². The first kappa shape index (κ1) is 23.0. The normalized spacial score (nSPS) is 11.1. The Bertz CT molecular complexity index is 1290. The predicted octanol–water partition coefficient (Wildman–Crippen LogP) is 5.79. The number of hydrogen-bond acceptors (Lipinski definition) is 5. The minimum absolute atomic E-state index is 0.122. The number of carbonyl (C=O) groups excluding carboxylic acids is 1. The molecule has 0 saturated heterocycles. The van der Waals surface area contributed by atoms with Gasteiger partial charge in [0.15, 0.2) is 11.0 Å². The van der Waals surface area contributed by atoms with Crippen molar-refractivity contribution in [3.05, 3.63) is 94.0 Å². The van der Waals surface area contributed by atoms with Gasteiger partial charge in [0.1, 0.15) is 0 Å². The summed E-state index contributed by atoms with van der Waals surface area (Å²) in [6.45, 7) is 1.99. The maximum atomic E-state index is 12.4. The van der Waals surface area contributed by atoms with Crippen LogP contribution in [0.4, 0.5) is 0 Å². The molecule has 0 atom stereocenters. The number of aryl methyl sites for hydroxylation is 1. The monoisotopic (exact) mass is 495 g/mol. The van der Waals surface area contributed by atoms with Gasteiger partial charge >= 0.3 is 0 Å². The highest BCUT2D eigenvalue weighted by molar-refractivity contribution is 7.99. The number of hydrazone groups is 1. The van der Waals surface area contributed by atoms with Gasteiger partial charge in [0.05, 0.1) is 12.0 Å². The van der Waals surface area contributed by atoms with Crippen LogP contribution in [-0.4, -0.2) is 32.6 Å². The lowest BCUT2D eigenvalue weighted by Crippen LogP contribution is -2.20. The fourth-order valence-corrected chi connectivity index (χ4v) is 4.04. The summed E-state index contributed by atoms with van der Waals surface area (Å²) in [7, 11) is 0. The fourth-order valence-electron chi connectivity index (χ4n) is 3.04.